The van der Waals surface area contributed by atoms with Crippen LogP contribution in [0, 0.1) is 6.92 Å². The molecule has 0 radical (unpaired) electrons. The smallest absolute Gasteiger partial charge is 0.263 e. The van der Waals surface area contributed by atoms with Crippen LogP contribution in [-0.4, -0.2) is 10.5 Å². The van der Waals surface area contributed by atoms with Gasteiger partial charge in [0.05, 0.1) is 6.54 Å². The SMILES string of the molecule is CCCCc1ccc(NC(=O)c2cccn(Cc3ccccc3C)c2=O)cc1. The summed E-state index contributed by atoms with van der Waals surface area (Å²) in [4.78, 5) is 25.4. The molecule has 1 aromatic heterocycles. The highest BCUT2D eigenvalue weighted by Gasteiger charge is 2.13. The summed E-state index contributed by atoms with van der Waals surface area (Å²) in [5, 5.41) is 2.83. The molecule has 0 spiro atoms. The maximum absolute atomic E-state index is 12.8. The Morgan fingerprint density at radius 1 is 1.00 bits per heavy atom. The lowest BCUT2D eigenvalue weighted by Crippen LogP contribution is -2.29. The molecule has 2 aromatic carbocycles. The summed E-state index contributed by atoms with van der Waals surface area (Å²) in [5.41, 5.74) is 3.98. The highest BCUT2D eigenvalue weighted by Crippen LogP contribution is 2.13. The van der Waals surface area contributed by atoms with Crippen LogP contribution >= 0.6 is 0 Å². The fourth-order valence-electron chi connectivity index (χ4n) is 3.14. The Morgan fingerprint density at radius 3 is 2.46 bits per heavy atom. The van der Waals surface area contributed by atoms with E-state index < -0.39 is 0 Å². The van der Waals surface area contributed by atoms with Crippen molar-refractivity contribution >= 4 is 11.6 Å². The van der Waals surface area contributed by atoms with Crippen molar-refractivity contribution in [2.24, 2.45) is 0 Å². The summed E-state index contributed by atoms with van der Waals surface area (Å²) >= 11 is 0. The second-order valence-electron chi connectivity index (χ2n) is 7.04. The van der Waals surface area contributed by atoms with Crippen molar-refractivity contribution in [3.05, 3.63) is 99.5 Å². The number of benzene rings is 2. The summed E-state index contributed by atoms with van der Waals surface area (Å²) in [6, 6.07) is 19.1. The summed E-state index contributed by atoms with van der Waals surface area (Å²) < 4.78 is 1.57. The number of hydrogen-bond acceptors (Lipinski definition) is 2. The first-order chi connectivity index (χ1) is 13.6. The molecular weight excluding hydrogens is 348 g/mol. The second kappa shape index (κ2) is 9.18. The van der Waals surface area contributed by atoms with E-state index in [0.717, 1.165) is 30.4 Å². The van der Waals surface area contributed by atoms with Gasteiger partial charge in [-0.3, -0.25) is 9.59 Å². The minimum Gasteiger partial charge on any atom is -0.322 e. The first kappa shape index (κ1) is 19.6. The van der Waals surface area contributed by atoms with Gasteiger partial charge < -0.3 is 9.88 Å². The van der Waals surface area contributed by atoms with E-state index in [1.165, 1.54) is 5.56 Å². The van der Waals surface area contributed by atoms with Gasteiger partial charge >= 0.3 is 0 Å². The molecule has 1 N–H and O–H groups in total. The maximum Gasteiger partial charge on any atom is 0.263 e. The van der Waals surface area contributed by atoms with Crippen LogP contribution in [0.3, 0.4) is 0 Å². The zero-order valence-electron chi connectivity index (χ0n) is 16.4. The normalized spacial score (nSPS) is 10.6. The number of aryl methyl sites for hydroxylation is 2. The molecular formula is C24H26N2O2. The fraction of sp³-hybridized carbons (Fsp3) is 0.250. The molecule has 0 unspecified atom stereocenters. The first-order valence-corrected chi connectivity index (χ1v) is 9.72. The Bertz CT molecular complexity index is 1000. The van der Waals surface area contributed by atoms with E-state index in [-0.39, 0.29) is 17.0 Å². The topological polar surface area (TPSA) is 51.1 Å². The van der Waals surface area contributed by atoms with Gasteiger partial charge in [0.25, 0.3) is 11.5 Å². The predicted octanol–water partition coefficient (Wildman–Crippen LogP) is 4.80. The number of anilines is 1. The Labute approximate surface area is 165 Å². The van der Waals surface area contributed by atoms with Crippen LogP contribution in [0.2, 0.25) is 0 Å². The number of pyridine rings is 1. The van der Waals surface area contributed by atoms with Crippen LogP contribution in [-0.2, 0) is 13.0 Å². The Hall–Kier alpha value is -3.14. The Morgan fingerprint density at radius 2 is 1.75 bits per heavy atom. The van der Waals surface area contributed by atoms with Crippen molar-refractivity contribution in [3.8, 4) is 0 Å². The van der Waals surface area contributed by atoms with Crippen molar-refractivity contribution in [3.63, 3.8) is 0 Å². The molecule has 0 fully saturated rings. The van der Waals surface area contributed by atoms with E-state index in [9.17, 15) is 9.59 Å². The zero-order valence-corrected chi connectivity index (χ0v) is 16.4. The highest BCUT2D eigenvalue weighted by molar-refractivity contribution is 6.03. The monoisotopic (exact) mass is 374 g/mol. The van der Waals surface area contributed by atoms with Crippen LogP contribution in [0.25, 0.3) is 0 Å². The second-order valence-corrected chi connectivity index (χ2v) is 7.04. The van der Waals surface area contributed by atoms with Gasteiger partial charge in [0.1, 0.15) is 5.56 Å². The van der Waals surface area contributed by atoms with Crippen LogP contribution in [0.15, 0.2) is 71.7 Å². The third-order valence-electron chi connectivity index (χ3n) is 4.90. The standard InChI is InChI=1S/C24H26N2O2/c1-3-4-9-19-12-14-21(15-13-19)25-23(27)22-11-7-16-26(24(22)28)17-20-10-6-5-8-18(20)2/h5-8,10-16H,3-4,9,17H2,1-2H3,(H,25,27). The van der Waals surface area contributed by atoms with Gasteiger partial charge in [0.2, 0.25) is 0 Å². The van der Waals surface area contributed by atoms with Crippen LogP contribution in [0.1, 0.15) is 46.8 Å². The van der Waals surface area contributed by atoms with Gasteiger partial charge in [-0.25, -0.2) is 0 Å². The number of carbonyl (C=O) groups excluding carboxylic acids is 1. The lowest BCUT2D eigenvalue weighted by atomic mass is 10.1. The third-order valence-corrected chi connectivity index (χ3v) is 4.90. The van der Waals surface area contributed by atoms with Gasteiger partial charge in [-0.05, 0) is 60.7 Å². The third kappa shape index (κ3) is 4.77. The van der Waals surface area contributed by atoms with Gasteiger partial charge in [-0.2, -0.15) is 0 Å². The number of hydrogen-bond donors (Lipinski definition) is 1. The molecule has 0 saturated heterocycles. The summed E-state index contributed by atoms with van der Waals surface area (Å²) in [7, 11) is 0. The van der Waals surface area contributed by atoms with Crippen molar-refractivity contribution in [1.29, 1.82) is 0 Å². The predicted molar refractivity (Wildman–Crippen MR) is 114 cm³/mol. The van der Waals surface area contributed by atoms with Crippen LogP contribution in [0.5, 0.6) is 0 Å². The summed E-state index contributed by atoms with van der Waals surface area (Å²) in [6.07, 6.45) is 5.05. The van der Waals surface area contributed by atoms with Crippen LogP contribution in [0.4, 0.5) is 5.69 Å². The molecule has 1 heterocycles. The molecule has 28 heavy (non-hydrogen) atoms. The lowest BCUT2D eigenvalue weighted by Gasteiger charge is -2.11. The molecule has 0 bridgehead atoms. The van der Waals surface area contributed by atoms with E-state index in [1.54, 1.807) is 22.9 Å². The molecule has 0 saturated carbocycles. The molecule has 144 valence electrons. The van der Waals surface area contributed by atoms with Crippen molar-refractivity contribution in [2.75, 3.05) is 5.32 Å². The Balaban J connectivity index is 1.75. The van der Waals surface area contributed by atoms with Crippen molar-refractivity contribution in [1.82, 2.24) is 4.57 Å². The van der Waals surface area contributed by atoms with Gasteiger partial charge in [0, 0.05) is 11.9 Å². The molecule has 4 nitrogen and oxygen atoms in total. The van der Waals surface area contributed by atoms with Crippen LogP contribution < -0.4 is 10.9 Å². The number of nitrogens with zero attached hydrogens (tertiary/aromatic N) is 1. The molecule has 4 heteroatoms. The summed E-state index contributed by atoms with van der Waals surface area (Å²) in [5.74, 6) is -0.384. The highest BCUT2D eigenvalue weighted by atomic mass is 16.2. The van der Waals surface area contributed by atoms with E-state index in [4.69, 9.17) is 0 Å². The van der Waals surface area contributed by atoms with E-state index >= 15 is 0 Å². The zero-order chi connectivity index (χ0) is 19.9. The van der Waals surface area contributed by atoms with Gasteiger partial charge in [-0.1, -0.05) is 49.7 Å². The van der Waals surface area contributed by atoms with Gasteiger partial charge in [0.15, 0.2) is 0 Å². The summed E-state index contributed by atoms with van der Waals surface area (Å²) in [6.45, 7) is 4.63. The molecule has 3 rings (SSSR count). The first-order valence-electron chi connectivity index (χ1n) is 9.72. The molecule has 0 aliphatic carbocycles. The number of nitrogens with one attached hydrogen (secondary N) is 1. The van der Waals surface area contributed by atoms with E-state index in [1.807, 2.05) is 55.5 Å². The van der Waals surface area contributed by atoms with Crippen molar-refractivity contribution in [2.45, 2.75) is 39.7 Å². The maximum atomic E-state index is 12.8. The fourth-order valence-corrected chi connectivity index (χ4v) is 3.14. The molecule has 1 amide bonds. The number of amides is 1. The quantitative estimate of drug-likeness (QED) is 0.646. The van der Waals surface area contributed by atoms with E-state index in [0.29, 0.717) is 12.2 Å². The number of aromatic nitrogens is 1. The lowest BCUT2D eigenvalue weighted by molar-refractivity contribution is 0.102. The molecule has 0 atom stereocenters. The minimum atomic E-state index is -0.384. The largest absolute Gasteiger partial charge is 0.322 e. The minimum absolute atomic E-state index is 0.145. The number of carbonyl (C=O) groups is 1. The molecule has 0 aliphatic heterocycles. The number of rotatable bonds is 7. The van der Waals surface area contributed by atoms with Gasteiger partial charge in [-0.15, -0.1) is 0 Å². The molecule has 3 aromatic rings. The van der Waals surface area contributed by atoms with Crippen molar-refractivity contribution < 1.29 is 4.79 Å². The molecule has 0 aliphatic rings. The van der Waals surface area contributed by atoms with E-state index in [2.05, 4.69) is 12.2 Å². The average molecular weight is 374 g/mol. The Kier molecular flexibility index (Phi) is 6.43. The number of unbranched alkanes of at least 4 members (excludes halogenated alkanes) is 1. The average Bonchev–Trinajstić information content (AvgIpc) is 2.70.